The molecule has 2 aliphatic heterocycles. The number of hydrogen-bond donors (Lipinski definition) is 2. The van der Waals surface area contributed by atoms with Crippen molar-refractivity contribution in [1.29, 1.82) is 0 Å². The molecule has 2 N–H and O–H groups in total. The van der Waals surface area contributed by atoms with Gasteiger partial charge in [-0.05, 0) is 53.6 Å². The molecule has 3 heterocycles. The van der Waals surface area contributed by atoms with Crippen molar-refractivity contribution in [3.63, 3.8) is 0 Å². The Bertz CT molecular complexity index is 1430. The molecule has 2 aliphatic rings. The van der Waals surface area contributed by atoms with Crippen LogP contribution in [-0.4, -0.2) is 42.5 Å². The fourth-order valence-electron chi connectivity index (χ4n) is 4.34. The molecule has 1 unspecified atom stereocenters. The van der Waals surface area contributed by atoms with Crippen molar-refractivity contribution < 1.29 is 18.3 Å². The molecule has 1 aromatic heterocycles. The zero-order chi connectivity index (χ0) is 24.7. The van der Waals surface area contributed by atoms with E-state index in [1.165, 1.54) is 23.5 Å². The van der Waals surface area contributed by atoms with Crippen LogP contribution in [-0.2, 0) is 12.6 Å². The summed E-state index contributed by atoms with van der Waals surface area (Å²) in [6.45, 7) is 1.70. The van der Waals surface area contributed by atoms with Crippen LogP contribution in [0.5, 0.6) is 5.88 Å². The quantitative estimate of drug-likeness (QED) is 0.539. The van der Waals surface area contributed by atoms with Gasteiger partial charge in [0.2, 0.25) is 5.88 Å². The Labute approximate surface area is 208 Å². The van der Waals surface area contributed by atoms with Crippen molar-refractivity contribution in [2.75, 3.05) is 25.0 Å². The predicted molar refractivity (Wildman–Crippen MR) is 131 cm³/mol. The monoisotopic (exact) mass is 519 g/mol. The van der Waals surface area contributed by atoms with Crippen LogP contribution in [0.15, 0.2) is 46.6 Å². The maximum atomic E-state index is 13.9. The highest BCUT2D eigenvalue weighted by Crippen LogP contribution is 2.40. The molecule has 0 saturated carbocycles. The standard InChI is InChI=1S/C24H21ClF3N5OS/c1-33(17-6-7-29-12-17)23-31-22(34)21(35-23)18(13-3-5-20-15(8-13)11-30-32-20)9-14-2-4-16(25)10-19(14)24(26,27)28/h2-5,8,10-11,17,29,34H,6-7,9,12H2,1H3. The lowest BCUT2D eigenvalue weighted by Crippen LogP contribution is -2.33. The average molecular weight is 520 g/mol. The smallest absolute Gasteiger partial charge is 0.416 e. The highest BCUT2D eigenvalue weighted by molar-refractivity contribution is 7.17. The van der Waals surface area contributed by atoms with Gasteiger partial charge in [-0.3, -0.25) is 0 Å². The molecule has 11 heteroatoms. The number of hydrogen-bond acceptors (Lipinski definition) is 7. The Morgan fingerprint density at radius 1 is 1.26 bits per heavy atom. The maximum absolute atomic E-state index is 13.9. The van der Waals surface area contributed by atoms with E-state index < -0.39 is 11.7 Å². The lowest BCUT2D eigenvalue weighted by atomic mass is 9.96. The molecule has 1 atom stereocenters. The number of fused-ring (bicyclic) bond motifs is 1. The topological polar surface area (TPSA) is 73.1 Å². The molecule has 5 rings (SSSR count). The third-order valence-corrected chi connectivity index (χ3v) is 7.67. The van der Waals surface area contributed by atoms with Gasteiger partial charge in [-0.2, -0.15) is 28.4 Å². The number of halogens is 4. The van der Waals surface area contributed by atoms with Crippen LogP contribution in [0.2, 0.25) is 5.02 Å². The summed E-state index contributed by atoms with van der Waals surface area (Å²) in [6, 6.07) is 9.33. The Morgan fingerprint density at radius 2 is 2.09 bits per heavy atom. The van der Waals surface area contributed by atoms with Crippen LogP contribution < -0.4 is 20.8 Å². The molecule has 0 aliphatic carbocycles. The van der Waals surface area contributed by atoms with E-state index in [0.717, 1.165) is 31.1 Å². The van der Waals surface area contributed by atoms with Gasteiger partial charge in [0.05, 0.1) is 22.0 Å². The molecule has 1 fully saturated rings. The number of nitrogens with zero attached hydrogens (tertiary/aromatic N) is 4. The number of thiazole rings is 1. The van der Waals surface area contributed by atoms with Crippen LogP contribution in [0.1, 0.15) is 28.0 Å². The number of nitrogens with one attached hydrogen (secondary N) is 1. The molecule has 0 amide bonds. The maximum Gasteiger partial charge on any atom is 0.416 e. The lowest BCUT2D eigenvalue weighted by Gasteiger charge is -2.22. The van der Waals surface area contributed by atoms with E-state index in [-0.39, 0.29) is 28.9 Å². The minimum atomic E-state index is -4.58. The van der Waals surface area contributed by atoms with Crippen LogP contribution in [0, 0.1) is 0 Å². The molecule has 0 radical (unpaired) electrons. The normalized spacial score (nSPS) is 17.9. The first-order chi connectivity index (χ1) is 16.7. The van der Waals surface area contributed by atoms with Gasteiger partial charge >= 0.3 is 6.18 Å². The first-order valence-corrected chi connectivity index (χ1v) is 12.1. The van der Waals surface area contributed by atoms with E-state index in [4.69, 9.17) is 11.6 Å². The molecule has 0 spiro atoms. The Morgan fingerprint density at radius 3 is 2.83 bits per heavy atom. The molecule has 2 aromatic carbocycles. The number of anilines is 1. The fourth-order valence-corrected chi connectivity index (χ4v) is 5.57. The fraction of sp³-hybridized carbons (Fsp3) is 0.292. The molecular weight excluding hydrogens is 499 g/mol. The molecule has 182 valence electrons. The first kappa shape index (κ1) is 23.8. The highest BCUT2D eigenvalue weighted by Gasteiger charge is 2.34. The second-order valence-corrected chi connectivity index (χ2v) is 9.89. The molecule has 1 saturated heterocycles. The summed E-state index contributed by atoms with van der Waals surface area (Å²) in [5.74, 6) is -0.209. The number of aromatic hydroxyl groups is 1. The summed E-state index contributed by atoms with van der Waals surface area (Å²) in [5.41, 5.74) is 0.530. The van der Waals surface area contributed by atoms with Crippen molar-refractivity contribution in [3.8, 4) is 5.88 Å². The van der Waals surface area contributed by atoms with Crippen molar-refractivity contribution in [3.05, 3.63) is 73.6 Å². The molecule has 35 heavy (non-hydrogen) atoms. The van der Waals surface area contributed by atoms with Gasteiger partial charge in [0.25, 0.3) is 0 Å². The summed E-state index contributed by atoms with van der Waals surface area (Å²) in [6.07, 6.45) is -2.12. The van der Waals surface area contributed by atoms with Gasteiger partial charge in [-0.1, -0.05) is 35.1 Å². The van der Waals surface area contributed by atoms with Crippen molar-refractivity contribution in [2.24, 2.45) is 10.2 Å². The molecular formula is C24H21ClF3N5OS. The number of likely N-dealkylation sites (N-methyl/N-ethyl adjacent to an activating group) is 1. The second kappa shape index (κ2) is 9.25. The Hall–Kier alpha value is -2.95. The SMILES string of the molecule is CN(c1nc(O)c(C(Cc2ccc(Cl)cc2C(F)(F)F)=c2ccc3c(c2)C=NN=3)s1)C1CCNC1. The summed E-state index contributed by atoms with van der Waals surface area (Å²) >= 11 is 7.15. The molecule has 3 aromatic rings. The zero-order valence-electron chi connectivity index (χ0n) is 18.6. The van der Waals surface area contributed by atoms with Gasteiger partial charge in [0, 0.05) is 36.6 Å². The summed E-state index contributed by atoms with van der Waals surface area (Å²) < 4.78 is 41.6. The largest absolute Gasteiger partial charge is 0.492 e. The van der Waals surface area contributed by atoms with Crippen molar-refractivity contribution in [2.45, 2.75) is 25.1 Å². The Kier molecular flexibility index (Phi) is 6.29. The third kappa shape index (κ3) is 4.78. The van der Waals surface area contributed by atoms with E-state index in [1.807, 2.05) is 18.0 Å². The van der Waals surface area contributed by atoms with Crippen LogP contribution in [0.3, 0.4) is 0 Å². The third-order valence-electron chi connectivity index (χ3n) is 6.24. The van der Waals surface area contributed by atoms with Crippen molar-refractivity contribution in [1.82, 2.24) is 10.3 Å². The van der Waals surface area contributed by atoms with Gasteiger partial charge in [0.1, 0.15) is 0 Å². The van der Waals surface area contributed by atoms with Gasteiger partial charge < -0.3 is 15.3 Å². The van der Waals surface area contributed by atoms with Crippen molar-refractivity contribution >= 4 is 39.9 Å². The first-order valence-electron chi connectivity index (χ1n) is 10.9. The van der Waals surface area contributed by atoms with Gasteiger partial charge in [-0.25, -0.2) is 0 Å². The van der Waals surface area contributed by atoms with Crippen LogP contribution >= 0.6 is 22.9 Å². The number of rotatable bonds is 5. The number of aromatic nitrogens is 1. The van der Waals surface area contributed by atoms with Crippen LogP contribution in [0.4, 0.5) is 18.3 Å². The lowest BCUT2D eigenvalue weighted by molar-refractivity contribution is -0.138. The Balaban J connectivity index is 1.66. The summed E-state index contributed by atoms with van der Waals surface area (Å²) in [7, 11) is 1.91. The highest BCUT2D eigenvalue weighted by atomic mass is 35.5. The van der Waals surface area contributed by atoms with E-state index in [2.05, 4.69) is 20.5 Å². The number of alkyl halides is 3. The van der Waals surface area contributed by atoms with E-state index >= 15 is 0 Å². The molecule has 6 nitrogen and oxygen atoms in total. The predicted octanol–water partition coefficient (Wildman–Crippen LogP) is 3.73. The summed E-state index contributed by atoms with van der Waals surface area (Å²) in [5, 5.41) is 24.0. The zero-order valence-corrected chi connectivity index (χ0v) is 20.2. The van der Waals surface area contributed by atoms with E-state index in [0.29, 0.717) is 26.2 Å². The minimum Gasteiger partial charge on any atom is -0.492 e. The number of benzene rings is 2. The summed E-state index contributed by atoms with van der Waals surface area (Å²) in [4.78, 5) is 6.79. The average Bonchev–Trinajstić information content (AvgIpc) is 3.58. The van der Waals surface area contributed by atoms with Crippen LogP contribution in [0.25, 0.3) is 5.57 Å². The van der Waals surface area contributed by atoms with E-state index in [9.17, 15) is 18.3 Å². The van der Waals surface area contributed by atoms with Gasteiger partial charge in [-0.15, -0.1) is 0 Å². The van der Waals surface area contributed by atoms with Gasteiger partial charge in [0.15, 0.2) is 5.13 Å². The van der Waals surface area contributed by atoms with E-state index in [1.54, 1.807) is 18.3 Å². The molecule has 0 bridgehead atoms. The minimum absolute atomic E-state index is 0.00713. The second-order valence-electron chi connectivity index (χ2n) is 8.48.